The van der Waals surface area contributed by atoms with Crippen molar-refractivity contribution in [3.8, 4) is 17.2 Å². The predicted octanol–water partition coefficient (Wildman–Crippen LogP) is 2.43. The molecule has 2 aliphatic rings. The molecule has 0 aromatic heterocycles. The van der Waals surface area contributed by atoms with E-state index in [2.05, 4.69) is 10.1 Å². The maximum absolute atomic E-state index is 12.6. The van der Waals surface area contributed by atoms with Crippen LogP contribution in [0, 0.1) is 11.8 Å². The standard InChI is InChI=1S/C16H20F2N2O4.ClH/c17-16(18)24-12-5-14-13(22-8-23-14)4-10(12)7-20-15(21)11-3-1-2-9(11)6-19;/h4-5,9,11,16H,1-3,6-8,19H2,(H,20,21);1H/t9-,11-;/m1./s1. The molecule has 3 rings (SSSR count). The first kappa shape index (κ1) is 19.5. The average Bonchev–Trinajstić information content (AvgIpc) is 3.19. The van der Waals surface area contributed by atoms with Gasteiger partial charge in [0.15, 0.2) is 11.5 Å². The maximum Gasteiger partial charge on any atom is 0.387 e. The highest BCUT2D eigenvalue weighted by atomic mass is 35.5. The van der Waals surface area contributed by atoms with Crippen molar-refractivity contribution in [3.63, 3.8) is 0 Å². The van der Waals surface area contributed by atoms with Gasteiger partial charge in [0.1, 0.15) is 5.75 Å². The molecule has 1 aliphatic carbocycles. The molecule has 1 heterocycles. The molecule has 1 amide bonds. The summed E-state index contributed by atoms with van der Waals surface area (Å²) in [6.07, 6.45) is 2.72. The second-order valence-corrected chi connectivity index (χ2v) is 5.94. The number of ether oxygens (including phenoxy) is 3. The fourth-order valence-corrected chi connectivity index (χ4v) is 3.29. The van der Waals surface area contributed by atoms with E-state index in [1.54, 1.807) is 6.07 Å². The molecule has 9 heteroatoms. The quantitative estimate of drug-likeness (QED) is 0.794. The molecule has 3 N–H and O–H groups in total. The Balaban J connectivity index is 0.00000225. The van der Waals surface area contributed by atoms with E-state index in [1.807, 2.05) is 0 Å². The third kappa shape index (κ3) is 4.43. The predicted molar refractivity (Wildman–Crippen MR) is 88.2 cm³/mol. The zero-order valence-electron chi connectivity index (χ0n) is 13.5. The van der Waals surface area contributed by atoms with Crippen molar-refractivity contribution in [2.24, 2.45) is 17.6 Å². The lowest BCUT2D eigenvalue weighted by atomic mass is 9.95. The molecule has 1 aromatic rings. The first-order valence-electron chi connectivity index (χ1n) is 7.93. The van der Waals surface area contributed by atoms with Crippen molar-refractivity contribution in [2.75, 3.05) is 13.3 Å². The van der Waals surface area contributed by atoms with Gasteiger partial charge >= 0.3 is 6.61 Å². The van der Waals surface area contributed by atoms with E-state index in [4.69, 9.17) is 15.2 Å². The van der Waals surface area contributed by atoms with Crippen LogP contribution in [0.3, 0.4) is 0 Å². The van der Waals surface area contributed by atoms with Crippen LogP contribution in [0.15, 0.2) is 12.1 Å². The summed E-state index contributed by atoms with van der Waals surface area (Å²) in [5.74, 6) is 0.711. The van der Waals surface area contributed by atoms with Gasteiger partial charge in [0.25, 0.3) is 0 Å². The van der Waals surface area contributed by atoms with E-state index in [9.17, 15) is 13.6 Å². The summed E-state index contributed by atoms with van der Waals surface area (Å²) in [6.45, 7) is -2.39. The van der Waals surface area contributed by atoms with Crippen LogP contribution in [-0.4, -0.2) is 25.9 Å². The van der Waals surface area contributed by atoms with E-state index in [0.29, 0.717) is 23.6 Å². The number of carbonyl (C=O) groups excluding carboxylic acids is 1. The highest BCUT2D eigenvalue weighted by Gasteiger charge is 2.32. The Morgan fingerprint density at radius 3 is 2.72 bits per heavy atom. The lowest BCUT2D eigenvalue weighted by molar-refractivity contribution is -0.126. The number of hydrogen-bond acceptors (Lipinski definition) is 5. The lowest BCUT2D eigenvalue weighted by Crippen LogP contribution is -2.34. The van der Waals surface area contributed by atoms with Crippen LogP contribution < -0.4 is 25.3 Å². The number of nitrogens with two attached hydrogens (primary N) is 1. The summed E-state index contributed by atoms with van der Waals surface area (Å²) in [5, 5.41) is 2.79. The van der Waals surface area contributed by atoms with Crippen LogP contribution in [0.25, 0.3) is 0 Å². The van der Waals surface area contributed by atoms with Crippen LogP contribution in [0.5, 0.6) is 17.2 Å². The number of alkyl halides is 2. The summed E-state index contributed by atoms with van der Waals surface area (Å²) >= 11 is 0. The van der Waals surface area contributed by atoms with Gasteiger partial charge in [-0.1, -0.05) is 6.42 Å². The Labute approximate surface area is 150 Å². The third-order valence-corrected chi connectivity index (χ3v) is 4.52. The van der Waals surface area contributed by atoms with Gasteiger partial charge in [-0.3, -0.25) is 4.79 Å². The molecule has 1 aliphatic heterocycles. The molecular weight excluding hydrogens is 358 g/mol. The molecule has 0 bridgehead atoms. The molecule has 1 aromatic carbocycles. The largest absolute Gasteiger partial charge is 0.454 e. The van der Waals surface area contributed by atoms with Gasteiger partial charge in [-0.15, -0.1) is 12.4 Å². The van der Waals surface area contributed by atoms with Crippen LogP contribution in [-0.2, 0) is 11.3 Å². The second kappa shape index (κ2) is 8.53. The Morgan fingerprint density at radius 2 is 2.04 bits per heavy atom. The fourth-order valence-electron chi connectivity index (χ4n) is 3.29. The van der Waals surface area contributed by atoms with E-state index in [0.717, 1.165) is 19.3 Å². The summed E-state index contributed by atoms with van der Waals surface area (Å²) in [6, 6.07) is 2.91. The van der Waals surface area contributed by atoms with Crippen molar-refractivity contribution in [3.05, 3.63) is 17.7 Å². The first-order chi connectivity index (χ1) is 11.6. The average molecular weight is 379 g/mol. The molecule has 140 valence electrons. The number of fused-ring (bicyclic) bond motifs is 1. The summed E-state index contributed by atoms with van der Waals surface area (Å²) in [5.41, 5.74) is 6.11. The number of rotatable bonds is 6. The highest BCUT2D eigenvalue weighted by molar-refractivity contribution is 5.85. The lowest BCUT2D eigenvalue weighted by Gasteiger charge is -2.18. The van der Waals surface area contributed by atoms with Crippen LogP contribution in [0.4, 0.5) is 8.78 Å². The minimum Gasteiger partial charge on any atom is -0.454 e. The second-order valence-electron chi connectivity index (χ2n) is 5.94. The molecule has 25 heavy (non-hydrogen) atoms. The third-order valence-electron chi connectivity index (χ3n) is 4.52. The number of halogens is 3. The minimum absolute atomic E-state index is 0. The molecular formula is C16H21ClF2N2O4. The molecule has 0 unspecified atom stereocenters. The SMILES string of the molecule is Cl.NC[C@H]1CCC[C@H]1C(=O)NCc1cc2c(cc1OC(F)F)OCO2. The van der Waals surface area contributed by atoms with Gasteiger partial charge in [-0.2, -0.15) is 8.78 Å². The van der Waals surface area contributed by atoms with E-state index in [1.165, 1.54) is 6.07 Å². The molecule has 0 spiro atoms. The van der Waals surface area contributed by atoms with Gasteiger partial charge in [-0.25, -0.2) is 0 Å². The number of nitrogens with one attached hydrogen (secondary N) is 1. The maximum atomic E-state index is 12.6. The zero-order valence-corrected chi connectivity index (χ0v) is 14.3. The van der Waals surface area contributed by atoms with Crippen molar-refractivity contribution in [2.45, 2.75) is 32.4 Å². The molecule has 2 atom stereocenters. The molecule has 1 saturated carbocycles. The summed E-state index contributed by atoms with van der Waals surface area (Å²) < 4.78 is 40.1. The molecule has 6 nitrogen and oxygen atoms in total. The topological polar surface area (TPSA) is 82.8 Å². The van der Waals surface area contributed by atoms with Gasteiger partial charge in [0.2, 0.25) is 12.7 Å². The highest BCUT2D eigenvalue weighted by Crippen LogP contribution is 2.39. The van der Waals surface area contributed by atoms with Crippen molar-refractivity contribution >= 4 is 18.3 Å². The van der Waals surface area contributed by atoms with Gasteiger partial charge in [0.05, 0.1) is 0 Å². The number of hydrogen-bond donors (Lipinski definition) is 2. The Bertz CT molecular complexity index is 618. The zero-order chi connectivity index (χ0) is 17.1. The summed E-state index contributed by atoms with van der Waals surface area (Å²) in [4.78, 5) is 12.3. The number of amides is 1. The number of benzene rings is 1. The van der Waals surface area contributed by atoms with E-state index < -0.39 is 6.61 Å². The van der Waals surface area contributed by atoms with Crippen molar-refractivity contribution in [1.82, 2.24) is 5.32 Å². The Morgan fingerprint density at radius 1 is 1.32 bits per heavy atom. The molecule has 1 fully saturated rings. The smallest absolute Gasteiger partial charge is 0.387 e. The minimum atomic E-state index is -2.96. The van der Waals surface area contributed by atoms with Gasteiger partial charge in [0, 0.05) is 24.1 Å². The van der Waals surface area contributed by atoms with Crippen LogP contribution in [0.2, 0.25) is 0 Å². The van der Waals surface area contributed by atoms with E-state index >= 15 is 0 Å². The number of carbonyl (C=O) groups is 1. The molecule has 0 radical (unpaired) electrons. The fraction of sp³-hybridized carbons (Fsp3) is 0.562. The Kier molecular flexibility index (Phi) is 6.66. The normalized spacial score (nSPS) is 21.1. The molecule has 0 saturated heterocycles. The van der Waals surface area contributed by atoms with Crippen LogP contribution >= 0.6 is 12.4 Å². The van der Waals surface area contributed by atoms with Crippen molar-refractivity contribution < 1.29 is 27.8 Å². The summed E-state index contributed by atoms with van der Waals surface area (Å²) in [7, 11) is 0. The monoisotopic (exact) mass is 378 g/mol. The Hall–Kier alpha value is -1.80. The van der Waals surface area contributed by atoms with Crippen molar-refractivity contribution in [1.29, 1.82) is 0 Å². The van der Waals surface area contributed by atoms with E-state index in [-0.39, 0.29) is 49.2 Å². The first-order valence-corrected chi connectivity index (χ1v) is 7.93. The van der Waals surface area contributed by atoms with Crippen LogP contribution in [0.1, 0.15) is 24.8 Å². The van der Waals surface area contributed by atoms with Gasteiger partial charge < -0.3 is 25.3 Å². The van der Waals surface area contributed by atoms with Gasteiger partial charge in [-0.05, 0) is 31.4 Å².